The van der Waals surface area contributed by atoms with Crippen molar-refractivity contribution >= 4 is 34.1 Å². The zero-order valence-corrected chi connectivity index (χ0v) is 33.1. The van der Waals surface area contributed by atoms with E-state index in [1.165, 1.54) is 7.11 Å². The predicted octanol–water partition coefficient (Wildman–Crippen LogP) is 6.99. The van der Waals surface area contributed by atoms with E-state index >= 15 is 0 Å². The van der Waals surface area contributed by atoms with Crippen LogP contribution in [0.25, 0.3) is 44.6 Å². The first kappa shape index (κ1) is 38.4. The largest absolute Gasteiger partial charge is 0.483 e. The molecule has 56 heavy (non-hydrogen) atoms. The van der Waals surface area contributed by atoms with E-state index in [2.05, 4.69) is 52.5 Å². The number of methoxy groups -OCH3 is 2. The van der Waals surface area contributed by atoms with Crippen LogP contribution < -0.4 is 10.6 Å². The molecule has 2 aliphatic heterocycles. The second-order valence-corrected chi connectivity index (χ2v) is 15.4. The molecule has 0 spiro atoms. The Bertz CT molecular complexity index is 2100. The Morgan fingerprint density at radius 1 is 0.732 bits per heavy atom. The Kier molecular flexibility index (Phi) is 11.0. The van der Waals surface area contributed by atoms with Gasteiger partial charge >= 0.3 is 6.09 Å². The number of ether oxygens (including phenoxy) is 2. The Morgan fingerprint density at radius 3 is 1.75 bits per heavy atom. The number of fused-ring (bicyclic) bond motifs is 2. The molecule has 294 valence electrons. The van der Waals surface area contributed by atoms with Gasteiger partial charge in [-0.05, 0) is 68.4 Å². The fourth-order valence-electron chi connectivity index (χ4n) is 7.95. The quantitative estimate of drug-likeness (QED) is 0.0726. The number of benzene rings is 2. The first-order valence-electron chi connectivity index (χ1n) is 19.4. The number of rotatable bonds is 13. The molecular weight excluding hydrogens is 709 g/mol. The molecule has 4 N–H and O–H groups in total. The molecule has 7 rings (SSSR count). The second-order valence-electron chi connectivity index (χ2n) is 15.4. The Hall–Kier alpha value is -5.92. The van der Waals surface area contributed by atoms with Crippen LogP contribution in [0.1, 0.15) is 77.1 Å². The van der Waals surface area contributed by atoms with Crippen LogP contribution in [0.5, 0.6) is 0 Å². The van der Waals surface area contributed by atoms with Crippen LogP contribution in [0, 0.1) is 11.8 Å². The molecule has 0 saturated carbocycles. The number of hydrogen-bond acceptors (Lipinski definition) is 10. The van der Waals surface area contributed by atoms with Crippen LogP contribution in [0.4, 0.5) is 4.79 Å². The fraction of sp³-hybridized carbons (Fsp3) is 0.429. The highest BCUT2D eigenvalue weighted by Crippen LogP contribution is 2.37. The van der Waals surface area contributed by atoms with E-state index in [0.29, 0.717) is 18.3 Å². The van der Waals surface area contributed by atoms with Gasteiger partial charge in [0.05, 0.1) is 78.2 Å². The van der Waals surface area contributed by atoms with Gasteiger partial charge in [-0.2, -0.15) is 0 Å². The van der Waals surface area contributed by atoms with E-state index in [-0.39, 0.29) is 35.9 Å². The van der Waals surface area contributed by atoms with Gasteiger partial charge in [0.2, 0.25) is 5.91 Å². The summed E-state index contributed by atoms with van der Waals surface area (Å²) in [5.74, 6) is 2.18. The average molecular weight is 761 g/mol. The van der Waals surface area contributed by atoms with Crippen molar-refractivity contribution in [1.29, 1.82) is 0 Å². The Morgan fingerprint density at radius 2 is 1.25 bits per heavy atom. The predicted molar refractivity (Wildman–Crippen MR) is 216 cm³/mol. The highest BCUT2D eigenvalue weighted by atomic mass is 16.5. The van der Waals surface area contributed by atoms with Crippen LogP contribution in [0.3, 0.4) is 0 Å². The van der Waals surface area contributed by atoms with E-state index in [1.807, 2.05) is 61.3 Å². The van der Waals surface area contributed by atoms with Gasteiger partial charge in [0.1, 0.15) is 17.7 Å². The highest BCUT2D eigenvalue weighted by Gasteiger charge is 2.38. The number of carbonyl (C=O) groups is 2. The normalized spacial score (nSPS) is 18.1. The summed E-state index contributed by atoms with van der Waals surface area (Å²) in [6.07, 6.45) is 6.71. The van der Waals surface area contributed by atoms with Gasteiger partial charge in [-0.3, -0.25) is 4.79 Å². The standard InChI is InChI=1S/C42H52N10O4/c1-23(2)37(45-26(6)55-7)25(5)51-17-9-11-35(51)39-43-21-33(48-39)27-13-15-29-31(19-27)46-30-16-14-28(20-32(30)47-29)34-22-44-40(49-34)36-12-10-18-52(36)41(53)38(24(3)4)50-42(54)56-8/h13-16,19-24,35-38,45H,5-6,9-12,17-18H2,1-4,7-8H3,(H,43,48)(H,44,49)(H,50,54)/t35-,36-,37-,38-/m0/s1. The number of H-pyrrole nitrogens is 2. The number of alkyl carbamates (subject to hydrolysis) is 1. The van der Waals surface area contributed by atoms with Crippen molar-refractivity contribution in [2.75, 3.05) is 27.3 Å². The second kappa shape index (κ2) is 16.0. The van der Waals surface area contributed by atoms with Crippen molar-refractivity contribution in [1.82, 2.24) is 50.3 Å². The Balaban J connectivity index is 1.08. The number of likely N-dealkylation sites (tertiary alicyclic amines) is 2. The van der Waals surface area contributed by atoms with Gasteiger partial charge < -0.3 is 39.9 Å². The average Bonchev–Trinajstić information content (AvgIpc) is 4.03. The molecule has 4 atom stereocenters. The van der Waals surface area contributed by atoms with Gasteiger partial charge in [0.15, 0.2) is 5.88 Å². The maximum Gasteiger partial charge on any atom is 0.407 e. The molecule has 0 unspecified atom stereocenters. The van der Waals surface area contributed by atoms with Crippen LogP contribution in [0.2, 0.25) is 0 Å². The third-order valence-electron chi connectivity index (χ3n) is 11.0. The number of carbonyl (C=O) groups excluding carboxylic acids is 2. The molecule has 2 amide bonds. The van der Waals surface area contributed by atoms with E-state index < -0.39 is 12.1 Å². The highest BCUT2D eigenvalue weighted by molar-refractivity contribution is 5.90. The molecule has 2 aromatic carbocycles. The minimum atomic E-state index is -0.692. The lowest BCUT2D eigenvalue weighted by Gasteiger charge is -2.35. The number of nitrogens with one attached hydrogen (secondary N) is 4. The number of aromatic nitrogens is 6. The molecule has 5 aromatic rings. The van der Waals surface area contributed by atoms with Gasteiger partial charge in [0.25, 0.3) is 0 Å². The van der Waals surface area contributed by atoms with Crippen LogP contribution in [0.15, 0.2) is 73.5 Å². The summed E-state index contributed by atoms with van der Waals surface area (Å²) >= 11 is 0. The molecule has 2 saturated heterocycles. The molecule has 0 bridgehead atoms. The van der Waals surface area contributed by atoms with E-state index in [0.717, 1.165) is 88.3 Å². The van der Waals surface area contributed by atoms with Crippen LogP contribution >= 0.6 is 0 Å². The maximum absolute atomic E-state index is 13.6. The maximum atomic E-state index is 13.6. The molecule has 14 heteroatoms. The summed E-state index contributed by atoms with van der Waals surface area (Å²) in [4.78, 5) is 56.3. The summed E-state index contributed by atoms with van der Waals surface area (Å²) < 4.78 is 10.1. The van der Waals surface area contributed by atoms with Crippen LogP contribution in [-0.2, 0) is 14.3 Å². The number of imidazole rings is 2. The van der Waals surface area contributed by atoms with Crippen molar-refractivity contribution in [3.8, 4) is 22.5 Å². The molecule has 5 heterocycles. The van der Waals surface area contributed by atoms with Crippen molar-refractivity contribution < 1.29 is 19.1 Å². The smallest absolute Gasteiger partial charge is 0.407 e. The van der Waals surface area contributed by atoms with Gasteiger partial charge in [-0.25, -0.2) is 24.7 Å². The first-order chi connectivity index (χ1) is 26.9. The van der Waals surface area contributed by atoms with E-state index in [1.54, 1.807) is 13.3 Å². The summed E-state index contributed by atoms with van der Waals surface area (Å²) in [5.41, 5.74) is 7.74. The fourth-order valence-corrected chi connectivity index (χ4v) is 7.95. The van der Waals surface area contributed by atoms with Gasteiger partial charge in [-0.1, -0.05) is 46.4 Å². The minimum absolute atomic E-state index is 0.0126. The lowest BCUT2D eigenvalue weighted by atomic mass is 10.00. The van der Waals surface area contributed by atoms with Gasteiger partial charge in [-0.15, -0.1) is 0 Å². The van der Waals surface area contributed by atoms with Crippen LogP contribution in [-0.4, -0.2) is 91.1 Å². The van der Waals surface area contributed by atoms with Crippen molar-refractivity contribution in [2.24, 2.45) is 11.8 Å². The van der Waals surface area contributed by atoms with E-state index in [4.69, 9.17) is 29.4 Å². The van der Waals surface area contributed by atoms with Gasteiger partial charge in [0, 0.05) is 29.9 Å². The lowest BCUT2D eigenvalue weighted by Crippen LogP contribution is -2.51. The molecular formula is C42H52N10O4. The summed E-state index contributed by atoms with van der Waals surface area (Å²) in [5, 5.41) is 6.09. The topological polar surface area (TPSA) is 166 Å². The Labute approximate surface area is 327 Å². The summed E-state index contributed by atoms with van der Waals surface area (Å²) in [6.45, 7) is 18.1. The minimum Gasteiger partial charge on any atom is -0.483 e. The zero-order valence-electron chi connectivity index (χ0n) is 33.1. The first-order valence-corrected chi connectivity index (χ1v) is 19.4. The summed E-state index contributed by atoms with van der Waals surface area (Å²) in [7, 11) is 2.91. The van der Waals surface area contributed by atoms with Crippen molar-refractivity contribution in [3.05, 3.63) is 85.2 Å². The van der Waals surface area contributed by atoms with Crippen molar-refractivity contribution in [3.63, 3.8) is 0 Å². The number of hydrogen-bond donors (Lipinski definition) is 4. The number of amides is 2. The molecule has 2 aliphatic rings. The number of nitrogens with zero attached hydrogens (tertiary/aromatic N) is 6. The molecule has 3 aromatic heterocycles. The molecule has 0 radical (unpaired) electrons. The third-order valence-corrected chi connectivity index (χ3v) is 11.0. The molecule has 2 fully saturated rings. The SMILES string of the molecule is C=C(N[C@H](C(=C)N1CCC[C@H]1c1ncc(-c2ccc3nc4cc(-c5cnc([C@@H]6CCCN6C(=O)[C@@H](NC(=O)OC)C(C)C)[nH]5)ccc4nc3c2)[nH]1)C(C)C)OC. The molecule has 14 nitrogen and oxygen atoms in total. The number of aromatic amines is 2. The third kappa shape index (κ3) is 7.64. The summed E-state index contributed by atoms with van der Waals surface area (Å²) in [6, 6.07) is 11.2. The zero-order chi connectivity index (χ0) is 39.7. The lowest BCUT2D eigenvalue weighted by molar-refractivity contribution is -0.135. The van der Waals surface area contributed by atoms with E-state index in [9.17, 15) is 9.59 Å². The molecule has 0 aliphatic carbocycles. The monoisotopic (exact) mass is 760 g/mol. The van der Waals surface area contributed by atoms with Crippen molar-refractivity contribution in [2.45, 2.75) is 77.5 Å².